The predicted molar refractivity (Wildman–Crippen MR) is 227 cm³/mol. The number of carboxylic acids is 2. The fraction of sp³-hybridized carbons (Fsp3) is 0.574. The normalized spacial score (nSPS) is 29.1. The number of nitrogens with two attached hydrogens (primary N) is 2. The van der Waals surface area contributed by atoms with Gasteiger partial charge in [-0.3, -0.25) is 4.79 Å². The zero-order chi connectivity index (χ0) is 44.7. The zero-order valence-corrected chi connectivity index (χ0v) is 36.3. The van der Waals surface area contributed by atoms with Gasteiger partial charge in [-0.15, -0.1) is 0 Å². The van der Waals surface area contributed by atoms with Crippen molar-refractivity contribution in [3.05, 3.63) is 59.4 Å². The van der Waals surface area contributed by atoms with Crippen LogP contribution < -0.4 is 21.1 Å². The van der Waals surface area contributed by atoms with Crippen LogP contribution in [0.25, 0.3) is 32.6 Å². The number of hydrogen-bond donors (Lipinski definition) is 6. The van der Waals surface area contributed by atoms with Crippen molar-refractivity contribution >= 4 is 50.3 Å². The minimum atomic E-state index is -3.07. The number of carbonyl (C=O) groups is 3. The van der Waals surface area contributed by atoms with E-state index in [-0.39, 0.29) is 30.2 Å². The molecule has 13 heteroatoms. The van der Waals surface area contributed by atoms with E-state index in [1.165, 1.54) is 45.7 Å². The van der Waals surface area contributed by atoms with Gasteiger partial charge in [0.1, 0.15) is 12.8 Å². The Kier molecular flexibility index (Phi) is 13.6. The number of H-pyrrole nitrogens is 1. The monoisotopic (exact) mass is 834 g/mol. The molecule has 4 aromatic rings. The lowest BCUT2D eigenvalue weighted by Gasteiger charge is -2.60. The number of halogens is 2. The van der Waals surface area contributed by atoms with Crippen molar-refractivity contribution < 1.29 is 48.2 Å². The van der Waals surface area contributed by atoms with Gasteiger partial charge in [-0.25, -0.2) is 18.1 Å². The highest BCUT2D eigenvalue weighted by Gasteiger charge is 2.63. The Bertz CT molecular complexity index is 2300. The van der Waals surface area contributed by atoms with Gasteiger partial charge in [0.25, 0.3) is 6.43 Å². The van der Waals surface area contributed by atoms with E-state index in [1.807, 2.05) is 25.3 Å². The lowest BCUT2D eigenvalue weighted by Crippen LogP contribution is -2.55. The van der Waals surface area contributed by atoms with Gasteiger partial charge in [0.2, 0.25) is 0 Å². The van der Waals surface area contributed by atoms with Gasteiger partial charge in [-0.05, 0) is 161 Å². The molecule has 11 nitrogen and oxygen atoms in total. The molecule has 3 fully saturated rings. The number of phenolic OH excluding ortho intramolecular Hbond substituents is 1. The van der Waals surface area contributed by atoms with E-state index in [0.29, 0.717) is 29.3 Å². The third kappa shape index (κ3) is 8.54. The van der Waals surface area contributed by atoms with E-state index < -0.39 is 29.5 Å². The number of ketones is 1. The molecule has 0 bridgehead atoms. The summed E-state index contributed by atoms with van der Waals surface area (Å²) in [6.45, 7) is 14.7. The fourth-order valence-corrected chi connectivity index (χ4v) is 11.2. The second-order valence-corrected chi connectivity index (χ2v) is 18.6. The number of pyridine rings is 1. The van der Waals surface area contributed by atoms with E-state index in [1.54, 1.807) is 6.07 Å². The lowest BCUT2D eigenvalue weighted by molar-refractivity contribution is -0.670. The van der Waals surface area contributed by atoms with Crippen LogP contribution in [-0.4, -0.2) is 62.1 Å². The molecule has 8 N–H and O–H groups in total. The number of rotatable bonds is 5. The average Bonchev–Trinajstić information content (AvgIpc) is 3.67. The third-order valence-electron chi connectivity index (χ3n) is 14.9. The second kappa shape index (κ2) is 17.5. The minimum absolute atomic E-state index is 0.0878. The Morgan fingerprint density at radius 1 is 1.05 bits per heavy atom. The Morgan fingerprint density at radius 3 is 2.32 bits per heavy atom. The molecule has 0 spiro atoms. The van der Waals surface area contributed by atoms with Crippen molar-refractivity contribution in [2.75, 3.05) is 6.54 Å². The molecule has 4 aliphatic carbocycles. The SMILES string of the molecule is CC(=O)[O-].C[C@H]1CC2=CC(=O)CC[C@]2(C)[C@H]2CC[C@@]3(C)[C@@H](CC[C@]3(C)O)[C@H]12.Cc1c2cc[n+](C)cc2c(C)c2c1[nH]c1ccc(O)cc12.NCCCC(N)(C(=O)O)C(F)F. The number of alkyl halides is 2. The number of carbonyl (C=O) groups excluding carboxylic acids is 2. The molecule has 2 aromatic carbocycles. The van der Waals surface area contributed by atoms with Crippen LogP contribution >= 0.6 is 0 Å². The van der Waals surface area contributed by atoms with Crippen LogP contribution in [0, 0.1) is 48.3 Å². The Labute approximate surface area is 351 Å². The number of allylic oxidation sites excluding steroid dienone is 1. The van der Waals surface area contributed by atoms with Crippen molar-refractivity contribution in [3.63, 3.8) is 0 Å². The second-order valence-electron chi connectivity index (χ2n) is 18.6. The van der Waals surface area contributed by atoms with Gasteiger partial charge in [-0.2, -0.15) is 0 Å². The summed E-state index contributed by atoms with van der Waals surface area (Å²) in [4.78, 5) is 34.7. The largest absolute Gasteiger partial charge is 0.550 e. The van der Waals surface area contributed by atoms with Crippen LogP contribution in [0.4, 0.5) is 8.78 Å². The number of aryl methyl sites for hydroxylation is 3. The van der Waals surface area contributed by atoms with Crippen LogP contribution in [0.1, 0.15) is 104 Å². The fourth-order valence-electron chi connectivity index (χ4n) is 11.2. The van der Waals surface area contributed by atoms with Crippen LogP contribution in [0.3, 0.4) is 0 Å². The van der Waals surface area contributed by atoms with Crippen molar-refractivity contribution in [2.45, 2.75) is 124 Å². The summed E-state index contributed by atoms with van der Waals surface area (Å²) < 4.78 is 26.3. The number of nitrogens with one attached hydrogen (secondary N) is 1. The topological polar surface area (TPSA) is 207 Å². The van der Waals surface area contributed by atoms with Crippen molar-refractivity contribution in [2.24, 2.45) is 53.0 Å². The average molecular weight is 835 g/mol. The summed E-state index contributed by atoms with van der Waals surface area (Å²) in [5.41, 5.74) is 13.6. The number of nitrogens with zero attached hydrogens (tertiary/aromatic N) is 1. The summed E-state index contributed by atoms with van der Waals surface area (Å²) in [5.74, 6) is 0.597. The molecule has 0 radical (unpaired) electrons. The highest BCUT2D eigenvalue weighted by atomic mass is 19.3. The molecule has 0 amide bonds. The maximum absolute atomic E-state index is 12.1. The van der Waals surface area contributed by atoms with Gasteiger partial charge in [-0.1, -0.05) is 26.3 Å². The maximum Gasteiger partial charge on any atom is 0.329 e. The van der Waals surface area contributed by atoms with Crippen molar-refractivity contribution in [1.29, 1.82) is 0 Å². The van der Waals surface area contributed by atoms with Gasteiger partial charge < -0.3 is 41.7 Å². The van der Waals surface area contributed by atoms with E-state index in [4.69, 9.17) is 26.5 Å². The molecule has 0 aliphatic heterocycles. The summed E-state index contributed by atoms with van der Waals surface area (Å²) in [6.07, 6.45) is 10.4. The number of aromatic nitrogens is 2. The highest BCUT2D eigenvalue weighted by Crippen LogP contribution is 2.68. The number of aliphatic hydroxyl groups is 1. The summed E-state index contributed by atoms with van der Waals surface area (Å²) in [6, 6.07) is 7.67. The number of fused-ring (bicyclic) bond motifs is 9. The molecule has 1 unspecified atom stereocenters. The molecule has 60 heavy (non-hydrogen) atoms. The Morgan fingerprint density at radius 2 is 1.70 bits per heavy atom. The Hall–Kier alpha value is -4.46. The van der Waals surface area contributed by atoms with Crippen LogP contribution in [-0.2, 0) is 21.4 Å². The number of aromatic hydroxyl groups is 1. The molecule has 3 saturated carbocycles. The van der Waals surface area contributed by atoms with Gasteiger partial charge in [0, 0.05) is 40.1 Å². The zero-order valence-electron chi connectivity index (χ0n) is 36.3. The smallest absolute Gasteiger partial charge is 0.329 e. The molecule has 328 valence electrons. The predicted octanol–water partition coefficient (Wildman–Crippen LogP) is 6.67. The first-order chi connectivity index (χ1) is 27.9. The summed E-state index contributed by atoms with van der Waals surface area (Å²) >= 11 is 0. The molecule has 2 aromatic heterocycles. The first-order valence-electron chi connectivity index (χ1n) is 21.1. The molecule has 8 rings (SSSR count). The third-order valence-corrected chi connectivity index (χ3v) is 14.9. The van der Waals surface area contributed by atoms with Gasteiger partial charge in [0.05, 0.1) is 11.1 Å². The van der Waals surface area contributed by atoms with Gasteiger partial charge in [0.15, 0.2) is 23.7 Å². The minimum Gasteiger partial charge on any atom is -0.550 e. The van der Waals surface area contributed by atoms with E-state index >= 15 is 0 Å². The number of aliphatic carboxylic acids is 2. The molecule has 2 heterocycles. The van der Waals surface area contributed by atoms with E-state index in [0.717, 1.165) is 61.4 Å². The molecular formula is C47H64F2N4O7. The number of hydrogen-bond acceptors (Lipinski definition) is 8. The molecular weight excluding hydrogens is 771 g/mol. The first kappa shape index (κ1) is 46.6. The number of carboxylic acid groups (broad SMARTS) is 2. The maximum atomic E-state index is 12.1. The van der Waals surface area contributed by atoms with Crippen molar-refractivity contribution in [1.82, 2.24) is 4.98 Å². The quantitative estimate of drug-likeness (QED) is 0.119. The van der Waals surface area contributed by atoms with Crippen molar-refractivity contribution in [3.8, 4) is 5.75 Å². The summed E-state index contributed by atoms with van der Waals surface area (Å²) in [5, 5.41) is 42.9. The number of phenols is 1. The number of benzene rings is 2. The van der Waals surface area contributed by atoms with Gasteiger partial charge >= 0.3 is 5.97 Å². The van der Waals surface area contributed by atoms with Crippen LogP contribution in [0.5, 0.6) is 5.75 Å². The molecule has 4 aliphatic rings. The summed E-state index contributed by atoms with van der Waals surface area (Å²) in [7, 11) is 2.04. The van der Waals surface area contributed by atoms with E-state index in [9.17, 15) is 28.6 Å². The van der Waals surface area contributed by atoms with Crippen LogP contribution in [0.15, 0.2) is 48.3 Å². The number of aromatic amines is 1. The standard InChI is InChI=1S/C21H32O2.C18H16N2O.C6H12F2N2O2.C2H4O2/c1-13-11-14-12-15(22)5-8-19(14,2)16-6-9-20(3)17(18(13)16)7-10-21(20,4)23;1-10-15-9-20(3)7-6-13(15)11(2)18-17(10)14-8-12(21)4-5-16(14)19-18;7-4(8)6(10,5(11)12)2-1-3-9;1-2(3)4/h12-13,16-18,23H,5-11H2,1-4H3;4-9,21H,1-3H3;4H,1-3,9-10H2,(H,11,12);1H3,(H,3,4)/t13-,16-,17-,18+,19-,20-,21-;;;/m0.../s1. The highest BCUT2D eigenvalue weighted by molar-refractivity contribution is 6.16. The molecule has 8 atom stereocenters. The van der Waals surface area contributed by atoms with Crippen LogP contribution in [0.2, 0.25) is 0 Å². The lowest BCUT2D eigenvalue weighted by atomic mass is 9.44. The molecule has 0 saturated heterocycles. The first-order valence-corrected chi connectivity index (χ1v) is 21.1. The van der Waals surface area contributed by atoms with E-state index in [2.05, 4.69) is 69.6 Å². The Balaban J connectivity index is 0.000000171.